The van der Waals surface area contributed by atoms with E-state index in [0.29, 0.717) is 30.3 Å². The third-order valence-corrected chi connectivity index (χ3v) is 7.88. The second kappa shape index (κ2) is 5.75. The number of thiophene rings is 1. The second-order valence-electron chi connectivity index (χ2n) is 5.47. The van der Waals surface area contributed by atoms with Crippen molar-refractivity contribution in [3.63, 3.8) is 0 Å². The van der Waals surface area contributed by atoms with E-state index in [1.807, 2.05) is 6.92 Å². The number of rotatable bonds is 3. The molecule has 0 amide bonds. The van der Waals surface area contributed by atoms with Crippen LogP contribution in [-0.2, 0) is 10.0 Å². The third-order valence-electron chi connectivity index (χ3n) is 3.98. The zero-order valence-electron chi connectivity index (χ0n) is 11.8. The van der Waals surface area contributed by atoms with Gasteiger partial charge in [0.25, 0.3) is 10.0 Å². The Kier molecular flexibility index (Phi) is 4.53. The summed E-state index contributed by atoms with van der Waals surface area (Å²) in [7, 11) is -3.52. The molecule has 6 nitrogen and oxygen atoms in total. The van der Waals surface area contributed by atoms with Gasteiger partial charge in [0.15, 0.2) is 0 Å². The minimum absolute atomic E-state index is 0.148. The molecule has 21 heavy (non-hydrogen) atoms. The predicted octanol–water partition coefficient (Wildman–Crippen LogP) is 2.25. The minimum Gasteiger partial charge on any atom is -0.409 e. The van der Waals surface area contributed by atoms with Crippen LogP contribution in [0, 0.1) is 12.3 Å². The summed E-state index contributed by atoms with van der Waals surface area (Å²) in [4.78, 5) is 0. The maximum atomic E-state index is 12.6. The SMILES string of the molecule is Cc1cc(S(=O)(=O)N2CCC(C)(/C(N)=N/O)CC2)sc1Cl. The lowest BCUT2D eigenvalue weighted by molar-refractivity contribution is 0.230. The number of oxime groups is 1. The number of hydrogen-bond donors (Lipinski definition) is 2. The van der Waals surface area contributed by atoms with Crippen molar-refractivity contribution in [3.8, 4) is 0 Å². The fourth-order valence-corrected chi connectivity index (χ4v) is 5.59. The van der Waals surface area contributed by atoms with Crippen molar-refractivity contribution in [1.82, 2.24) is 4.31 Å². The molecular formula is C12H18ClN3O3S2. The van der Waals surface area contributed by atoms with E-state index in [4.69, 9.17) is 22.5 Å². The van der Waals surface area contributed by atoms with Crippen LogP contribution in [0.2, 0.25) is 4.34 Å². The number of sulfonamides is 1. The number of aryl methyl sites for hydroxylation is 1. The predicted molar refractivity (Wildman–Crippen MR) is 83.6 cm³/mol. The highest BCUT2D eigenvalue weighted by molar-refractivity contribution is 7.91. The molecular weight excluding hydrogens is 334 g/mol. The van der Waals surface area contributed by atoms with Crippen LogP contribution in [-0.4, -0.2) is 36.9 Å². The molecule has 2 rings (SSSR count). The van der Waals surface area contributed by atoms with Crippen LogP contribution in [0.1, 0.15) is 25.3 Å². The Balaban J connectivity index is 2.18. The van der Waals surface area contributed by atoms with Crippen LogP contribution in [0.15, 0.2) is 15.4 Å². The van der Waals surface area contributed by atoms with Crippen molar-refractivity contribution in [2.45, 2.75) is 30.9 Å². The monoisotopic (exact) mass is 351 g/mol. The molecule has 0 unspecified atom stereocenters. The Hall–Kier alpha value is -0.830. The summed E-state index contributed by atoms with van der Waals surface area (Å²) in [5.41, 5.74) is 5.98. The molecule has 1 aliphatic rings. The highest BCUT2D eigenvalue weighted by Gasteiger charge is 2.38. The molecule has 3 N–H and O–H groups in total. The van der Waals surface area contributed by atoms with Gasteiger partial charge in [0, 0.05) is 18.5 Å². The van der Waals surface area contributed by atoms with Crippen molar-refractivity contribution in [1.29, 1.82) is 0 Å². The number of hydrogen-bond acceptors (Lipinski definition) is 5. The van der Waals surface area contributed by atoms with E-state index < -0.39 is 15.4 Å². The van der Waals surface area contributed by atoms with Crippen molar-refractivity contribution in [2.24, 2.45) is 16.3 Å². The van der Waals surface area contributed by atoms with E-state index in [-0.39, 0.29) is 10.0 Å². The Labute approximate surface area is 133 Å². The Morgan fingerprint density at radius 1 is 1.52 bits per heavy atom. The van der Waals surface area contributed by atoms with Crippen LogP contribution in [0.4, 0.5) is 0 Å². The zero-order chi connectivity index (χ0) is 15.8. The summed E-state index contributed by atoms with van der Waals surface area (Å²) in [5.74, 6) is 0.148. The number of nitrogens with two attached hydrogens (primary N) is 1. The van der Waals surface area contributed by atoms with Crippen molar-refractivity contribution >= 4 is 38.8 Å². The van der Waals surface area contributed by atoms with E-state index in [0.717, 1.165) is 16.9 Å². The standard InChI is InChI=1S/C12H18ClN3O3S2/c1-8-7-9(20-10(8)13)21(18,19)16-5-3-12(2,4-6-16)11(14)15-17/h7,17H,3-6H2,1-2H3,(H2,14,15). The molecule has 1 saturated heterocycles. The van der Waals surface area contributed by atoms with Gasteiger partial charge in [-0.3, -0.25) is 0 Å². The van der Waals surface area contributed by atoms with Gasteiger partial charge in [0.05, 0.1) is 4.34 Å². The normalized spacial score (nSPS) is 20.6. The molecule has 2 heterocycles. The first-order chi connectivity index (χ1) is 9.70. The molecule has 0 atom stereocenters. The Bertz CT molecular complexity index is 642. The van der Waals surface area contributed by atoms with Crippen LogP contribution in [0.5, 0.6) is 0 Å². The van der Waals surface area contributed by atoms with Gasteiger partial charge in [0.1, 0.15) is 10.0 Å². The highest BCUT2D eigenvalue weighted by Crippen LogP contribution is 2.36. The average molecular weight is 352 g/mol. The number of amidine groups is 1. The van der Waals surface area contributed by atoms with Crippen LogP contribution >= 0.6 is 22.9 Å². The lowest BCUT2D eigenvalue weighted by atomic mass is 9.80. The van der Waals surface area contributed by atoms with Crippen molar-refractivity contribution in [2.75, 3.05) is 13.1 Å². The van der Waals surface area contributed by atoms with Gasteiger partial charge < -0.3 is 10.9 Å². The fourth-order valence-electron chi connectivity index (χ4n) is 2.28. The second-order valence-corrected chi connectivity index (χ2v) is 9.29. The smallest absolute Gasteiger partial charge is 0.252 e. The number of halogens is 1. The molecule has 118 valence electrons. The van der Waals surface area contributed by atoms with E-state index >= 15 is 0 Å². The van der Waals surface area contributed by atoms with Crippen LogP contribution < -0.4 is 5.73 Å². The molecule has 0 spiro atoms. The lowest BCUT2D eigenvalue weighted by Gasteiger charge is -2.37. The van der Waals surface area contributed by atoms with Crippen LogP contribution in [0.25, 0.3) is 0 Å². The first kappa shape index (κ1) is 16.5. The topological polar surface area (TPSA) is 96.0 Å². The van der Waals surface area contributed by atoms with E-state index in [2.05, 4.69) is 5.16 Å². The van der Waals surface area contributed by atoms with E-state index in [9.17, 15) is 8.42 Å². The largest absolute Gasteiger partial charge is 0.409 e. The molecule has 0 radical (unpaired) electrons. The summed E-state index contributed by atoms with van der Waals surface area (Å²) in [6, 6.07) is 1.60. The van der Waals surface area contributed by atoms with E-state index in [1.165, 1.54) is 4.31 Å². The zero-order valence-corrected chi connectivity index (χ0v) is 14.2. The first-order valence-electron chi connectivity index (χ1n) is 6.45. The molecule has 0 aliphatic carbocycles. The Morgan fingerprint density at radius 2 is 2.10 bits per heavy atom. The van der Waals surface area contributed by atoms with Gasteiger partial charge in [-0.05, 0) is 31.4 Å². The van der Waals surface area contributed by atoms with Gasteiger partial charge in [-0.15, -0.1) is 11.3 Å². The van der Waals surface area contributed by atoms with Gasteiger partial charge in [-0.25, -0.2) is 8.42 Å². The summed E-state index contributed by atoms with van der Waals surface area (Å²) >= 11 is 7.03. The molecule has 1 fully saturated rings. The van der Waals surface area contributed by atoms with Gasteiger partial charge in [0.2, 0.25) is 0 Å². The molecule has 0 aromatic carbocycles. The molecule has 1 aliphatic heterocycles. The van der Waals surface area contributed by atoms with Crippen molar-refractivity contribution in [3.05, 3.63) is 16.0 Å². The van der Waals surface area contributed by atoms with Gasteiger partial charge in [-0.1, -0.05) is 23.7 Å². The first-order valence-corrected chi connectivity index (χ1v) is 9.08. The Morgan fingerprint density at radius 3 is 2.52 bits per heavy atom. The maximum Gasteiger partial charge on any atom is 0.252 e. The summed E-state index contributed by atoms with van der Waals surface area (Å²) in [6.07, 6.45) is 1.03. The van der Waals surface area contributed by atoms with E-state index in [1.54, 1.807) is 13.0 Å². The molecule has 9 heteroatoms. The maximum absolute atomic E-state index is 12.6. The molecule has 1 aromatic rings. The number of piperidine rings is 1. The fraction of sp³-hybridized carbons (Fsp3) is 0.583. The number of nitrogens with zero attached hydrogens (tertiary/aromatic N) is 2. The van der Waals surface area contributed by atoms with Gasteiger partial charge >= 0.3 is 0 Å². The quantitative estimate of drug-likeness (QED) is 0.378. The molecule has 0 saturated carbocycles. The molecule has 1 aromatic heterocycles. The summed E-state index contributed by atoms with van der Waals surface area (Å²) in [5, 5.41) is 11.9. The summed E-state index contributed by atoms with van der Waals surface area (Å²) in [6.45, 7) is 4.33. The lowest BCUT2D eigenvalue weighted by Crippen LogP contribution is -2.47. The average Bonchev–Trinajstić information content (AvgIpc) is 2.79. The van der Waals surface area contributed by atoms with Crippen LogP contribution in [0.3, 0.4) is 0 Å². The highest BCUT2D eigenvalue weighted by atomic mass is 35.5. The van der Waals surface area contributed by atoms with Gasteiger partial charge in [-0.2, -0.15) is 4.31 Å². The third kappa shape index (κ3) is 3.03. The minimum atomic E-state index is -3.52. The molecule has 0 bridgehead atoms. The summed E-state index contributed by atoms with van der Waals surface area (Å²) < 4.78 is 27.3. The van der Waals surface area contributed by atoms with Crippen molar-refractivity contribution < 1.29 is 13.6 Å².